The van der Waals surface area contributed by atoms with E-state index in [1.165, 1.54) is 42.5 Å². The Kier molecular flexibility index (Phi) is 10.2. The van der Waals surface area contributed by atoms with Crippen LogP contribution in [0.2, 0.25) is 0 Å². The van der Waals surface area contributed by atoms with Crippen molar-refractivity contribution in [3.05, 3.63) is 71.0 Å². The number of fused-ring (bicyclic) bond motifs is 3. The Balaban J connectivity index is 0.00000131. The van der Waals surface area contributed by atoms with Crippen LogP contribution in [-0.4, -0.2) is 18.0 Å². The molecule has 1 aliphatic carbocycles. The molecule has 0 saturated carbocycles. The first-order chi connectivity index (χ1) is 12.4. The van der Waals surface area contributed by atoms with Crippen LogP contribution in [-0.2, 0) is 25.8 Å². The molecule has 3 aromatic rings. The van der Waals surface area contributed by atoms with Gasteiger partial charge in [-0.25, -0.2) is 0 Å². The Morgan fingerprint density at radius 1 is 0.964 bits per heavy atom. The molecule has 2 heterocycles. The molecule has 6 heteroatoms. The fraction of sp³-hybridized carbons (Fsp3) is 0.364. The average molecular weight is 443 g/mol. The summed E-state index contributed by atoms with van der Waals surface area (Å²) in [7, 11) is 1.97. The SMILES string of the molecule is CNc1cccc(CNCCc2c3c(n4ccccc24)CCCC3)c1.Cl.Cl.Cl. The van der Waals surface area contributed by atoms with Crippen LogP contribution in [0.1, 0.15) is 35.2 Å². The van der Waals surface area contributed by atoms with Crippen LogP contribution in [0.25, 0.3) is 5.52 Å². The van der Waals surface area contributed by atoms with E-state index in [9.17, 15) is 0 Å². The number of nitrogens with one attached hydrogen (secondary N) is 2. The normalized spacial score (nSPS) is 12.3. The molecule has 154 valence electrons. The Morgan fingerprint density at radius 2 is 1.79 bits per heavy atom. The molecule has 0 aliphatic heterocycles. The van der Waals surface area contributed by atoms with Gasteiger partial charge in [0.25, 0.3) is 0 Å². The lowest BCUT2D eigenvalue weighted by Gasteiger charge is -2.13. The number of benzene rings is 1. The van der Waals surface area contributed by atoms with Crippen LogP contribution in [0, 0.1) is 0 Å². The molecule has 0 unspecified atom stereocenters. The number of nitrogens with zero attached hydrogens (tertiary/aromatic N) is 1. The summed E-state index contributed by atoms with van der Waals surface area (Å²) < 4.78 is 2.43. The fourth-order valence-corrected chi connectivity index (χ4v) is 4.12. The van der Waals surface area contributed by atoms with E-state index in [4.69, 9.17) is 0 Å². The smallest absolute Gasteiger partial charge is 0.0488 e. The molecule has 0 radical (unpaired) electrons. The average Bonchev–Trinajstić information content (AvgIpc) is 2.99. The van der Waals surface area contributed by atoms with Crippen molar-refractivity contribution in [2.24, 2.45) is 0 Å². The first-order valence-electron chi connectivity index (χ1n) is 9.44. The molecule has 0 atom stereocenters. The van der Waals surface area contributed by atoms with Gasteiger partial charge in [-0.1, -0.05) is 18.2 Å². The van der Waals surface area contributed by atoms with Crippen molar-refractivity contribution in [3.8, 4) is 0 Å². The fourth-order valence-electron chi connectivity index (χ4n) is 4.12. The maximum atomic E-state index is 3.63. The predicted octanol–water partition coefficient (Wildman–Crippen LogP) is 5.46. The molecule has 3 nitrogen and oxygen atoms in total. The number of pyridine rings is 1. The zero-order chi connectivity index (χ0) is 17.1. The number of hydrogen-bond acceptors (Lipinski definition) is 2. The van der Waals surface area contributed by atoms with E-state index in [2.05, 4.69) is 63.7 Å². The van der Waals surface area contributed by atoms with Gasteiger partial charge in [-0.2, -0.15) is 0 Å². The summed E-state index contributed by atoms with van der Waals surface area (Å²) in [4.78, 5) is 0. The number of halogens is 3. The third-order valence-corrected chi connectivity index (χ3v) is 5.36. The Bertz CT molecular complexity index is 877. The minimum absolute atomic E-state index is 0. The minimum Gasteiger partial charge on any atom is -0.388 e. The van der Waals surface area contributed by atoms with Crippen molar-refractivity contribution in [1.82, 2.24) is 9.72 Å². The van der Waals surface area contributed by atoms with E-state index in [1.54, 1.807) is 16.8 Å². The second kappa shape index (κ2) is 11.6. The molecule has 0 fully saturated rings. The molecule has 1 aromatic carbocycles. The van der Waals surface area contributed by atoms with Crippen molar-refractivity contribution in [3.63, 3.8) is 0 Å². The highest BCUT2D eigenvalue weighted by Crippen LogP contribution is 2.30. The summed E-state index contributed by atoms with van der Waals surface area (Å²) >= 11 is 0. The lowest BCUT2D eigenvalue weighted by Crippen LogP contribution is -2.17. The summed E-state index contributed by atoms with van der Waals surface area (Å²) in [5.74, 6) is 0. The Morgan fingerprint density at radius 3 is 2.61 bits per heavy atom. The molecule has 0 amide bonds. The third kappa shape index (κ3) is 5.15. The number of aromatic nitrogens is 1. The van der Waals surface area contributed by atoms with Gasteiger partial charge in [0.05, 0.1) is 0 Å². The maximum absolute atomic E-state index is 3.63. The molecule has 0 spiro atoms. The van der Waals surface area contributed by atoms with Crippen molar-refractivity contribution in [1.29, 1.82) is 0 Å². The standard InChI is InChI=1S/C22H27N3.3ClH/c1-23-18-8-6-7-17(15-18)16-24-13-12-20-19-9-2-3-10-21(19)25-14-5-4-11-22(20)25;;;/h4-8,11,14-15,23-24H,2-3,9-10,12-13,16H2,1H3;3*1H. The lowest BCUT2D eigenvalue weighted by atomic mass is 9.93. The van der Waals surface area contributed by atoms with Crippen molar-refractivity contribution >= 4 is 48.4 Å². The summed E-state index contributed by atoms with van der Waals surface area (Å²) in [6.07, 6.45) is 8.48. The third-order valence-electron chi connectivity index (χ3n) is 5.36. The van der Waals surface area contributed by atoms with Crippen LogP contribution < -0.4 is 10.6 Å². The maximum Gasteiger partial charge on any atom is 0.0488 e. The summed E-state index contributed by atoms with van der Waals surface area (Å²) in [5, 5.41) is 6.83. The van der Waals surface area contributed by atoms with E-state index in [0.29, 0.717) is 0 Å². The topological polar surface area (TPSA) is 28.5 Å². The van der Waals surface area contributed by atoms with E-state index >= 15 is 0 Å². The predicted molar refractivity (Wildman–Crippen MR) is 127 cm³/mol. The molecule has 4 rings (SSSR count). The molecule has 28 heavy (non-hydrogen) atoms. The van der Waals surface area contributed by atoms with Gasteiger partial charge in [0.1, 0.15) is 0 Å². The first kappa shape index (κ1) is 24.6. The molecular formula is C22H30Cl3N3. The highest BCUT2D eigenvalue weighted by atomic mass is 35.5. The Labute approximate surface area is 186 Å². The van der Waals surface area contributed by atoms with Crippen LogP contribution >= 0.6 is 37.2 Å². The highest BCUT2D eigenvalue weighted by molar-refractivity contribution is 5.86. The second-order valence-electron chi connectivity index (χ2n) is 6.94. The van der Waals surface area contributed by atoms with Gasteiger partial charge in [-0.05, 0) is 79.6 Å². The van der Waals surface area contributed by atoms with E-state index in [-0.39, 0.29) is 37.2 Å². The van der Waals surface area contributed by atoms with Crippen LogP contribution in [0.3, 0.4) is 0 Å². The summed E-state index contributed by atoms with van der Waals surface area (Å²) in [6.45, 7) is 1.94. The number of hydrogen-bond donors (Lipinski definition) is 2. The van der Waals surface area contributed by atoms with Crippen LogP contribution in [0.4, 0.5) is 5.69 Å². The molecule has 0 saturated heterocycles. The molecule has 2 N–H and O–H groups in total. The van der Waals surface area contributed by atoms with Gasteiger partial charge >= 0.3 is 0 Å². The zero-order valence-corrected chi connectivity index (χ0v) is 18.7. The van der Waals surface area contributed by atoms with Gasteiger partial charge in [-0.15, -0.1) is 37.2 Å². The number of aryl methyl sites for hydroxylation is 1. The second-order valence-corrected chi connectivity index (χ2v) is 6.94. The lowest BCUT2D eigenvalue weighted by molar-refractivity contribution is 0.656. The van der Waals surface area contributed by atoms with Crippen molar-refractivity contribution in [2.45, 2.75) is 38.6 Å². The minimum atomic E-state index is 0. The Hall–Kier alpha value is -1.39. The molecule has 0 bridgehead atoms. The van der Waals surface area contributed by atoms with E-state index in [1.807, 2.05) is 7.05 Å². The molecular weight excluding hydrogens is 413 g/mol. The number of rotatable bonds is 6. The number of anilines is 1. The molecule has 2 aromatic heterocycles. The van der Waals surface area contributed by atoms with Gasteiger partial charge < -0.3 is 15.0 Å². The largest absolute Gasteiger partial charge is 0.388 e. The summed E-state index contributed by atoms with van der Waals surface area (Å²) in [5.41, 5.74) is 8.65. The zero-order valence-electron chi connectivity index (χ0n) is 16.2. The monoisotopic (exact) mass is 441 g/mol. The van der Waals surface area contributed by atoms with E-state index in [0.717, 1.165) is 19.5 Å². The van der Waals surface area contributed by atoms with Crippen LogP contribution in [0.5, 0.6) is 0 Å². The quantitative estimate of drug-likeness (QED) is 0.496. The van der Waals surface area contributed by atoms with Crippen molar-refractivity contribution in [2.75, 3.05) is 18.9 Å². The first-order valence-corrected chi connectivity index (χ1v) is 9.44. The highest BCUT2D eigenvalue weighted by Gasteiger charge is 2.19. The van der Waals surface area contributed by atoms with E-state index < -0.39 is 0 Å². The van der Waals surface area contributed by atoms with Crippen LogP contribution in [0.15, 0.2) is 48.7 Å². The van der Waals surface area contributed by atoms with Crippen molar-refractivity contribution < 1.29 is 0 Å². The summed E-state index contributed by atoms with van der Waals surface area (Å²) in [6, 6.07) is 15.2. The van der Waals surface area contributed by atoms with Gasteiger partial charge in [0.2, 0.25) is 0 Å². The van der Waals surface area contributed by atoms with Gasteiger partial charge in [0.15, 0.2) is 0 Å². The van der Waals surface area contributed by atoms with Gasteiger partial charge in [0, 0.05) is 36.7 Å². The van der Waals surface area contributed by atoms with Gasteiger partial charge in [-0.3, -0.25) is 0 Å². The molecule has 1 aliphatic rings.